The lowest BCUT2D eigenvalue weighted by Crippen LogP contribution is -2.11. The second kappa shape index (κ2) is 7.23. The van der Waals surface area contributed by atoms with Gasteiger partial charge in [0.2, 0.25) is 0 Å². The number of nitrogens with one attached hydrogen (secondary N) is 1. The third-order valence-corrected chi connectivity index (χ3v) is 4.68. The first-order valence-electron chi connectivity index (χ1n) is 8.39. The Hall–Kier alpha value is -2.40. The average Bonchev–Trinajstić information content (AvgIpc) is 2.92. The van der Waals surface area contributed by atoms with Crippen molar-refractivity contribution < 1.29 is 4.74 Å². The van der Waals surface area contributed by atoms with Crippen molar-refractivity contribution in [3.63, 3.8) is 0 Å². The number of fused-ring (bicyclic) bond motifs is 1. The van der Waals surface area contributed by atoms with Crippen LogP contribution in [0.15, 0.2) is 41.4 Å². The van der Waals surface area contributed by atoms with Gasteiger partial charge in [-0.3, -0.25) is 0 Å². The first kappa shape index (κ1) is 17.4. The van der Waals surface area contributed by atoms with Crippen LogP contribution in [-0.2, 0) is 0 Å². The Kier molecular flexibility index (Phi) is 5.04. The summed E-state index contributed by atoms with van der Waals surface area (Å²) in [7, 11) is 0. The Balaban J connectivity index is 1.95. The molecule has 0 radical (unpaired) electrons. The summed E-state index contributed by atoms with van der Waals surface area (Å²) in [6.07, 6.45) is 0.122. The standard InChI is InChI=1S/C20H23N3OS/c1-12(2)24-18-9-7-6-8-16(18)21-14(4)22-19-13(3)10-11-17-20(19)25-15(5)23-17/h6-12H,1-5H3,(H,21,22). The van der Waals surface area contributed by atoms with Crippen LogP contribution in [0.3, 0.4) is 0 Å². The van der Waals surface area contributed by atoms with Crippen molar-refractivity contribution in [1.82, 2.24) is 4.98 Å². The molecule has 3 rings (SSSR count). The topological polar surface area (TPSA) is 46.5 Å². The molecule has 0 amide bonds. The normalized spacial score (nSPS) is 12.0. The zero-order chi connectivity index (χ0) is 18.0. The Morgan fingerprint density at radius 2 is 1.92 bits per heavy atom. The van der Waals surface area contributed by atoms with E-state index in [9.17, 15) is 0 Å². The smallest absolute Gasteiger partial charge is 0.143 e. The van der Waals surface area contributed by atoms with Gasteiger partial charge in [0, 0.05) is 0 Å². The Labute approximate surface area is 152 Å². The van der Waals surface area contributed by atoms with Crippen molar-refractivity contribution in [2.45, 2.75) is 40.7 Å². The number of rotatable bonds is 4. The van der Waals surface area contributed by atoms with Gasteiger partial charge in [0.25, 0.3) is 0 Å². The molecule has 0 saturated carbocycles. The predicted molar refractivity (Wildman–Crippen MR) is 108 cm³/mol. The van der Waals surface area contributed by atoms with E-state index in [0.29, 0.717) is 0 Å². The summed E-state index contributed by atoms with van der Waals surface area (Å²) in [6, 6.07) is 12.1. The van der Waals surface area contributed by atoms with Crippen LogP contribution in [0, 0.1) is 13.8 Å². The molecule has 0 aliphatic carbocycles. The van der Waals surface area contributed by atoms with Gasteiger partial charge in [-0.2, -0.15) is 0 Å². The maximum atomic E-state index is 5.87. The Morgan fingerprint density at radius 3 is 2.68 bits per heavy atom. The van der Waals surface area contributed by atoms with Crippen LogP contribution in [0.25, 0.3) is 10.2 Å². The SMILES string of the molecule is CC(=Nc1c(C)ccc2nc(C)sc12)Nc1ccccc1OC(C)C. The van der Waals surface area contributed by atoms with Gasteiger partial charge in [-0.15, -0.1) is 11.3 Å². The Bertz CT molecular complexity index is 928. The molecule has 1 heterocycles. The lowest BCUT2D eigenvalue weighted by molar-refractivity contribution is 0.244. The molecule has 0 fully saturated rings. The number of thiazole rings is 1. The van der Waals surface area contributed by atoms with Gasteiger partial charge >= 0.3 is 0 Å². The highest BCUT2D eigenvalue weighted by atomic mass is 32.1. The molecule has 1 aromatic heterocycles. The zero-order valence-electron chi connectivity index (χ0n) is 15.3. The molecule has 0 atom stereocenters. The molecule has 0 spiro atoms. The molecule has 0 aliphatic heterocycles. The van der Waals surface area contributed by atoms with Crippen molar-refractivity contribution >= 4 is 38.8 Å². The second-order valence-corrected chi connectivity index (χ2v) is 7.50. The maximum Gasteiger partial charge on any atom is 0.143 e. The minimum Gasteiger partial charge on any atom is -0.489 e. The summed E-state index contributed by atoms with van der Waals surface area (Å²) in [6.45, 7) is 10.1. The van der Waals surface area contributed by atoms with Gasteiger partial charge in [-0.25, -0.2) is 9.98 Å². The molecule has 3 aromatic rings. The highest BCUT2D eigenvalue weighted by Gasteiger charge is 2.10. The number of aryl methyl sites for hydroxylation is 2. The highest BCUT2D eigenvalue weighted by Crippen LogP contribution is 2.34. The number of hydrogen-bond donors (Lipinski definition) is 1. The molecule has 5 heteroatoms. The van der Waals surface area contributed by atoms with Crippen molar-refractivity contribution in [3.8, 4) is 5.75 Å². The van der Waals surface area contributed by atoms with Gasteiger partial charge in [0.1, 0.15) is 11.6 Å². The van der Waals surface area contributed by atoms with E-state index in [1.165, 1.54) is 0 Å². The minimum atomic E-state index is 0.122. The van der Waals surface area contributed by atoms with Crippen LogP contribution in [0.1, 0.15) is 31.3 Å². The fourth-order valence-corrected chi connectivity index (χ4v) is 3.60. The van der Waals surface area contributed by atoms with Crippen LogP contribution in [0.2, 0.25) is 0 Å². The number of hydrogen-bond acceptors (Lipinski definition) is 4. The van der Waals surface area contributed by atoms with E-state index in [1.54, 1.807) is 11.3 Å². The third-order valence-electron chi connectivity index (χ3n) is 3.68. The number of aliphatic imine (C=N–C) groups is 1. The number of benzene rings is 2. The van der Waals surface area contributed by atoms with Crippen molar-refractivity contribution in [2.24, 2.45) is 4.99 Å². The molecule has 130 valence electrons. The fourth-order valence-electron chi connectivity index (χ4n) is 2.64. The minimum absolute atomic E-state index is 0.122. The van der Waals surface area contributed by atoms with Crippen LogP contribution in [-0.4, -0.2) is 16.9 Å². The number of aromatic nitrogens is 1. The number of ether oxygens (including phenoxy) is 1. The van der Waals surface area contributed by atoms with E-state index < -0.39 is 0 Å². The summed E-state index contributed by atoms with van der Waals surface area (Å²) < 4.78 is 7.00. The van der Waals surface area contributed by atoms with E-state index in [0.717, 1.165) is 43.7 Å². The first-order valence-corrected chi connectivity index (χ1v) is 9.20. The molecule has 25 heavy (non-hydrogen) atoms. The Morgan fingerprint density at radius 1 is 1.16 bits per heavy atom. The van der Waals surface area contributed by atoms with Gasteiger partial charge < -0.3 is 10.1 Å². The predicted octanol–water partition coefficient (Wildman–Crippen LogP) is 5.86. The van der Waals surface area contributed by atoms with Crippen molar-refractivity contribution in [1.29, 1.82) is 0 Å². The maximum absolute atomic E-state index is 5.87. The zero-order valence-corrected chi connectivity index (χ0v) is 16.1. The average molecular weight is 353 g/mol. The summed E-state index contributed by atoms with van der Waals surface area (Å²) in [5, 5.41) is 4.43. The number of anilines is 1. The molecule has 2 aromatic carbocycles. The van der Waals surface area contributed by atoms with Crippen molar-refractivity contribution in [3.05, 3.63) is 47.0 Å². The molecule has 1 N–H and O–H groups in total. The quantitative estimate of drug-likeness (QED) is 0.472. The summed E-state index contributed by atoms with van der Waals surface area (Å²) in [4.78, 5) is 9.40. The molecule has 0 bridgehead atoms. The summed E-state index contributed by atoms with van der Waals surface area (Å²) >= 11 is 1.68. The fraction of sp³-hybridized carbons (Fsp3) is 0.300. The van der Waals surface area contributed by atoms with E-state index >= 15 is 0 Å². The van der Waals surface area contributed by atoms with E-state index in [2.05, 4.69) is 29.4 Å². The lowest BCUT2D eigenvalue weighted by atomic mass is 10.2. The summed E-state index contributed by atoms with van der Waals surface area (Å²) in [5.41, 5.74) is 4.05. The monoisotopic (exact) mass is 353 g/mol. The van der Waals surface area contributed by atoms with Gasteiger partial charge in [0.05, 0.1) is 32.7 Å². The largest absolute Gasteiger partial charge is 0.489 e. The third kappa shape index (κ3) is 3.99. The van der Waals surface area contributed by atoms with Crippen LogP contribution >= 0.6 is 11.3 Å². The molecular weight excluding hydrogens is 330 g/mol. The van der Waals surface area contributed by atoms with Crippen LogP contribution < -0.4 is 10.1 Å². The molecule has 0 aliphatic rings. The van der Waals surface area contributed by atoms with Gasteiger partial charge in [-0.1, -0.05) is 18.2 Å². The molecular formula is C20H23N3OS. The van der Waals surface area contributed by atoms with Crippen LogP contribution in [0.5, 0.6) is 5.75 Å². The molecule has 0 saturated heterocycles. The van der Waals surface area contributed by atoms with E-state index in [1.807, 2.05) is 52.0 Å². The number of amidine groups is 1. The van der Waals surface area contributed by atoms with Crippen LogP contribution in [0.4, 0.5) is 11.4 Å². The van der Waals surface area contributed by atoms with E-state index in [-0.39, 0.29) is 6.10 Å². The van der Waals surface area contributed by atoms with E-state index in [4.69, 9.17) is 9.73 Å². The second-order valence-electron chi connectivity index (χ2n) is 6.30. The molecule has 4 nitrogen and oxygen atoms in total. The van der Waals surface area contributed by atoms with Gasteiger partial charge in [-0.05, 0) is 58.4 Å². The van der Waals surface area contributed by atoms with Gasteiger partial charge in [0.15, 0.2) is 0 Å². The molecule has 0 unspecified atom stereocenters. The highest BCUT2D eigenvalue weighted by molar-refractivity contribution is 7.19. The lowest BCUT2D eigenvalue weighted by Gasteiger charge is -2.15. The number of nitrogens with zero attached hydrogens (tertiary/aromatic N) is 2. The number of para-hydroxylation sites is 2. The summed E-state index contributed by atoms with van der Waals surface area (Å²) in [5.74, 6) is 1.65. The van der Waals surface area contributed by atoms with Crippen molar-refractivity contribution in [2.75, 3.05) is 5.32 Å². The first-order chi connectivity index (χ1) is 11.9.